The van der Waals surface area contributed by atoms with E-state index in [9.17, 15) is 19.5 Å². The van der Waals surface area contributed by atoms with E-state index in [-0.39, 0.29) is 43.0 Å². The Morgan fingerprint density at radius 3 is 2.72 bits per heavy atom. The third-order valence-corrected chi connectivity index (χ3v) is 7.11. The molecular formula is C24H33N3O5. The number of nitrogens with zero attached hydrogens (tertiary/aromatic N) is 1. The molecule has 3 fully saturated rings. The minimum absolute atomic E-state index is 0.0300. The number of carbonyl (C=O) groups is 3. The van der Waals surface area contributed by atoms with Crippen molar-refractivity contribution in [2.45, 2.75) is 69.9 Å². The second kappa shape index (κ2) is 9.19. The Kier molecular flexibility index (Phi) is 6.53. The highest BCUT2D eigenvalue weighted by Gasteiger charge is 2.74. The zero-order valence-corrected chi connectivity index (χ0v) is 18.8. The molecule has 174 valence electrons. The van der Waals surface area contributed by atoms with Crippen LogP contribution >= 0.6 is 0 Å². The van der Waals surface area contributed by atoms with Crippen LogP contribution in [-0.2, 0) is 25.7 Å². The van der Waals surface area contributed by atoms with Crippen molar-refractivity contribution in [2.24, 2.45) is 11.8 Å². The van der Waals surface area contributed by atoms with Crippen LogP contribution in [0.1, 0.15) is 45.1 Å². The molecular weight excluding hydrogens is 410 g/mol. The SMILES string of the molecule is CCCC(C)NC(=O)C1N(CCO)C(=O)[C@@H]2[C@H](C(=O)NCc3ccccc3)[C@@H]3CCC12O3. The first-order valence-corrected chi connectivity index (χ1v) is 11.6. The Morgan fingerprint density at radius 1 is 1.28 bits per heavy atom. The van der Waals surface area contributed by atoms with Crippen LogP contribution < -0.4 is 10.6 Å². The lowest BCUT2D eigenvalue weighted by molar-refractivity contribution is -0.142. The maximum atomic E-state index is 13.5. The molecule has 8 nitrogen and oxygen atoms in total. The third kappa shape index (κ3) is 3.79. The van der Waals surface area contributed by atoms with Gasteiger partial charge >= 0.3 is 0 Å². The van der Waals surface area contributed by atoms with E-state index in [0.29, 0.717) is 19.4 Å². The summed E-state index contributed by atoms with van der Waals surface area (Å²) >= 11 is 0. The lowest BCUT2D eigenvalue weighted by Gasteiger charge is -2.34. The van der Waals surface area contributed by atoms with Gasteiger partial charge in [-0.2, -0.15) is 0 Å². The number of nitrogens with one attached hydrogen (secondary N) is 2. The number of rotatable bonds is 9. The Bertz CT molecular complexity index is 862. The smallest absolute Gasteiger partial charge is 0.246 e. The predicted molar refractivity (Wildman–Crippen MR) is 117 cm³/mol. The fourth-order valence-electron chi connectivity index (χ4n) is 5.83. The molecule has 3 aliphatic rings. The number of carbonyl (C=O) groups excluding carboxylic acids is 3. The van der Waals surface area contributed by atoms with Gasteiger partial charge in [0.05, 0.1) is 24.5 Å². The van der Waals surface area contributed by atoms with Gasteiger partial charge < -0.3 is 25.4 Å². The normalized spacial score (nSPS) is 31.5. The van der Waals surface area contributed by atoms with Crippen molar-refractivity contribution in [3.63, 3.8) is 0 Å². The average molecular weight is 444 g/mol. The van der Waals surface area contributed by atoms with E-state index in [1.165, 1.54) is 4.90 Å². The number of aliphatic hydroxyl groups excluding tert-OH is 1. The molecule has 6 atom stereocenters. The Morgan fingerprint density at radius 2 is 2.03 bits per heavy atom. The molecule has 1 aromatic carbocycles. The molecule has 3 heterocycles. The Balaban J connectivity index is 1.56. The number of ether oxygens (including phenoxy) is 1. The molecule has 0 aromatic heterocycles. The first-order chi connectivity index (χ1) is 15.4. The average Bonchev–Trinajstić information content (AvgIpc) is 3.41. The monoisotopic (exact) mass is 443 g/mol. The molecule has 0 saturated carbocycles. The van der Waals surface area contributed by atoms with Gasteiger partial charge in [0.2, 0.25) is 17.7 Å². The molecule has 0 radical (unpaired) electrons. The standard InChI is InChI=1S/C24H33N3O5/c1-3-7-15(2)26-22(30)20-24-11-10-17(32-24)18(19(24)23(31)27(20)12-13-28)21(29)25-14-16-8-5-4-6-9-16/h4-6,8-9,15,17-20,28H,3,7,10-14H2,1-2H3,(H,25,29)(H,26,30)/t15?,17-,18+,19-,20?,24?/m0/s1. The fourth-order valence-corrected chi connectivity index (χ4v) is 5.83. The van der Waals surface area contributed by atoms with Gasteiger partial charge in [0.25, 0.3) is 0 Å². The van der Waals surface area contributed by atoms with Gasteiger partial charge in [0.15, 0.2) is 0 Å². The number of benzene rings is 1. The van der Waals surface area contributed by atoms with Crippen LogP contribution in [0.25, 0.3) is 0 Å². The molecule has 3 amide bonds. The molecule has 0 aliphatic carbocycles. The topological polar surface area (TPSA) is 108 Å². The number of aliphatic hydroxyl groups is 1. The largest absolute Gasteiger partial charge is 0.395 e. The number of likely N-dealkylation sites (tertiary alicyclic amines) is 1. The van der Waals surface area contributed by atoms with Gasteiger partial charge in [-0.15, -0.1) is 0 Å². The summed E-state index contributed by atoms with van der Waals surface area (Å²) in [7, 11) is 0. The van der Waals surface area contributed by atoms with Crippen molar-refractivity contribution in [3.8, 4) is 0 Å². The third-order valence-electron chi connectivity index (χ3n) is 7.11. The second-order valence-corrected chi connectivity index (χ2v) is 9.21. The number of hydrogen-bond acceptors (Lipinski definition) is 5. The van der Waals surface area contributed by atoms with E-state index in [1.807, 2.05) is 37.3 Å². The molecule has 2 bridgehead atoms. The summed E-state index contributed by atoms with van der Waals surface area (Å²) in [4.78, 5) is 41.4. The van der Waals surface area contributed by atoms with Gasteiger partial charge in [-0.05, 0) is 31.7 Å². The molecule has 3 aliphatic heterocycles. The second-order valence-electron chi connectivity index (χ2n) is 9.21. The summed E-state index contributed by atoms with van der Waals surface area (Å²) < 4.78 is 6.33. The van der Waals surface area contributed by atoms with E-state index in [0.717, 1.165) is 18.4 Å². The van der Waals surface area contributed by atoms with E-state index >= 15 is 0 Å². The van der Waals surface area contributed by atoms with Crippen LogP contribution in [-0.4, -0.2) is 64.7 Å². The van der Waals surface area contributed by atoms with Crippen molar-refractivity contribution in [1.82, 2.24) is 15.5 Å². The minimum Gasteiger partial charge on any atom is -0.395 e. The Hall–Kier alpha value is -2.45. The van der Waals surface area contributed by atoms with Crippen LogP contribution in [0.15, 0.2) is 30.3 Å². The van der Waals surface area contributed by atoms with Gasteiger partial charge in [0, 0.05) is 19.1 Å². The summed E-state index contributed by atoms with van der Waals surface area (Å²) in [5.74, 6) is -2.10. The van der Waals surface area contributed by atoms with Gasteiger partial charge in [-0.25, -0.2) is 0 Å². The number of fused-ring (bicyclic) bond motifs is 1. The zero-order valence-electron chi connectivity index (χ0n) is 18.8. The molecule has 4 rings (SSSR count). The van der Waals surface area contributed by atoms with Gasteiger partial charge in [0.1, 0.15) is 11.6 Å². The molecule has 3 N–H and O–H groups in total. The van der Waals surface area contributed by atoms with Crippen LogP contribution in [0, 0.1) is 11.8 Å². The quantitative estimate of drug-likeness (QED) is 0.527. The van der Waals surface area contributed by atoms with E-state index in [4.69, 9.17) is 4.74 Å². The molecule has 1 aromatic rings. The summed E-state index contributed by atoms with van der Waals surface area (Å²) in [6, 6.07) is 8.74. The first kappa shape index (κ1) is 22.7. The fraction of sp³-hybridized carbons (Fsp3) is 0.625. The van der Waals surface area contributed by atoms with E-state index < -0.39 is 23.5 Å². The minimum atomic E-state index is -1.01. The first-order valence-electron chi connectivity index (χ1n) is 11.6. The summed E-state index contributed by atoms with van der Waals surface area (Å²) in [6.45, 7) is 4.15. The number of amides is 3. The van der Waals surface area contributed by atoms with Crippen LogP contribution in [0.3, 0.4) is 0 Å². The summed E-state index contributed by atoms with van der Waals surface area (Å²) in [5.41, 5.74) is -0.0386. The highest BCUT2D eigenvalue weighted by atomic mass is 16.5. The molecule has 1 spiro atoms. The van der Waals surface area contributed by atoms with Crippen molar-refractivity contribution in [3.05, 3.63) is 35.9 Å². The summed E-state index contributed by atoms with van der Waals surface area (Å²) in [6.07, 6.45) is 2.57. The van der Waals surface area contributed by atoms with Crippen LogP contribution in [0.2, 0.25) is 0 Å². The lowest BCUT2D eigenvalue weighted by atomic mass is 9.70. The van der Waals surface area contributed by atoms with E-state index in [2.05, 4.69) is 17.6 Å². The maximum Gasteiger partial charge on any atom is 0.246 e. The predicted octanol–water partition coefficient (Wildman–Crippen LogP) is 0.975. The highest BCUT2D eigenvalue weighted by molar-refractivity contribution is 5.99. The van der Waals surface area contributed by atoms with Crippen molar-refractivity contribution in [1.29, 1.82) is 0 Å². The highest BCUT2D eigenvalue weighted by Crippen LogP contribution is 2.58. The zero-order chi connectivity index (χ0) is 22.9. The van der Waals surface area contributed by atoms with Gasteiger partial charge in [-0.1, -0.05) is 43.7 Å². The molecule has 8 heteroatoms. The molecule has 32 heavy (non-hydrogen) atoms. The van der Waals surface area contributed by atoms with Crippen LogP contribution in [0.4, 0.5) is 0 Å². The number of hydrogen-bond donors (Lipinski definition) is 3. The maximum absolute atomic E-state index is 13.5. The Labute approximate surface area is 188 Å². The van der Waals surface area contributed by atoms with Crippen molar-refractivity contribution < 1.29 is 24.2 Å². The van der Waals surface area contributed by atoms with Crippen molar-refractivity contribution >= 4 is 17.7 Å². The molecule has 3 saturated heterocycles. The lowest BCUT2D eigenvalue weighted by Crippen LogP contribution is -2.56. The molecule has 3 unspecified atom stereocenters. The van der Waals surface area contributed by atoms with E-state index in [1.54, 1.807) is 0 Å². The van der Waals surface area contributed by atoms with Crippen LogP contribution in [0.5, 0.6) is 0 Å². The van der Waals surface area contributed by atoms with Crippen molar-refractivity contribution in [2.75, 3.05) is 13.2 Å². The summed E-state index contributed by atoms with van der Waals surface area (Å²) in [5, 5.41) is 15.6. The number of β-amino-alcohol motifs (C(OH)–C–C–N with tert-alkyl or cyclic N) is 1. The van der Waals surface area contributed by atoms with Gasteiger partial charge in [-0.3, -0.25) is 14.4 Å².